The molecule has 2 aromatic heterocycles. The number of rotatable bonds is 7. The molecule has 3 aromatic carbocycles. The van der Waals surface area contributed by atoms with Gasteiger partial charge in [0.15, 0.2) is 11.5 Å². The molecule has 0 aliphatic carbocycles. The summed E-state index contributed by atoms with van der Waals surface area (Å²) in [7, 11) is 0.242. The van der Waals surface area contributed by atoms with Gasteiger partial charge in [0.2, 0.25) is 0 Å². The molecule has 0 saturated carbocycles. The highest BCUT2D eigenvalue weighted by Crippen LogP contribution is 2.35. The van der Waals surface area contributed by atoms with Gasteiger partial charge in [0, 0.05) is 37.3 Å². The second-order valence-electron chi connectivity index (χ2n) is 9.62. The molecule has 0 aliphatic rings. The molecule has 2 N–H and O–H groups in total. The molecular formula is C30H30N4O6S. The number of aromatic amines is 1. The Labute approximate surface area is 237 Å². The van der Waals surface area contributed by atoms with Gasteiger partial charge >= 0.3 is 0 Å². The normalized spacial score (nSPS) is 11.0. The number of aryl methyl sites for hydroxylation is 1. The summed E-state index contributed by atoms with van der Waals surface area (Å²) in [6.45, 7) is 1.85. The summed E-state index contributed by atoms with van der Waals surface area (Å²) in [4.78, 5) is 28.2. The number of ether oxygens (including phenoxy) is 1. The monoisotopic (exact) mass is 574 g/mol. The number of fused-ring (bicyclic) bond motifs is 1. The molecule has 5 aromatic rings. The Morgan fingerprint density at radius 3 is 2.32 bits per heavy atom. The predicted octanol–water partition coefficient (Wildman–Crippen LogP) is 4.81. The van der Waals surface area contributed by atoms with E-state index in [9.17, 15) is 18.0 Å². The van der Waals surface area contributed by atoms with Crippen LogP contribution >= 0.6 is 0 Å². The molecule has 5 rings (SSSR count). The molecule has 41 heavy (non-hydrogen) atoms. The van der Waals surface area contributed by atoms with E-state index in [0.29, 0.717) is 17.8 Å². The van der Waals surface area contributed by atoms with Gasteiger partial charge in [-0.25, -0.2) is 0 Å². The Morgan fingerprint density at radius 2 is 1.68 bits per heavy atom. The van der Waals surface area contributed by atoms with E-state index in [1.54, 1.807) is 22.9 Å². The number of para-hydroxylation sites is 1. The number of benzene rings is 3. The van der Waals surface area contributed by atoms with Crippen molar-refractivity contribution >= 4 is 32.5 Å². The van der Waals surface area contributed by atoms with E-state index in [0.717, 1.165) is 33.5 Å². The molecule has 0 atom stereocenters. The van der Waals surface area contributed by atoms with E-state index in [2.05, 4.69) is 10.2 Å². The Balaban J connectivity index is 0.000000714. The summed E-state index contributed by atoms with van der Waals surface area (Å²) < 4.78 is 33.6. The lowest BCUT2D eigenvalue weighted by Gasteiger charge is -2.18. The SMILES string of the molecule is CS(=O)(=O)O.Cc1ccc(C(=O)Cc2ccc(Oc3cc4cn[nH]c4cc3N(C)C)cc2)c(=O)n1-c1ccccc1. The predicted molar refractivity (Wildman–Crippen MR) is 159 cm³/mol. The highest BCUT2D eigenvalue weighted by molar-refractivity contribution is 7.85. The van der Waals surface area contributed by atoms with Gasteiger partial charge in [0.05, 0.1) is 29.2 Å². The molecule has 0 spiro atoms. The third-order valence-electron chi connectivity index (χ3n) is 6.11. The number of nitrogens with zero attached hydrogens (tertiary/aromatic N) is 3. The summed E-state index contributed by atoms with van der Waals surface area (Å²) in [6.07, 6.45) is 2.59. The quantitative estimate of drug-likeness (QED) is 0.209. The van der Waals surface area contributed by atoms with Gasteiger partial charge in [-0.05, 0) is 61.0 Å². The smallest absolute Gasteiger partial charge is 0.266 e. The molecule has 0 radical (unpaired) electrons. The highest BCUT2D eigenvalue weighted by Gasteiger charge is 2.16. The number of ketones is 1. The van der Waals surface area contributed by atoms with Crippen LogP contribution in [0, 0.1) is 6.92 Å². The van der Waals surface area contributed by atoms with Crippen molar-refractivity contribution in [2.24, 2.45) is 0 Å². The van der Waals surface area contributed by atoms with Gasteiger partial charge in [-0.3, -0.25) is 23.8 Å². The lowest BCUT2D eigenvalue weighted by atomic mass is 10.0. The van der Waals surface area contributed by atoms with Crippen molar-refractivity contribution in [2.45, 2.75) is 13.3 Å². The second kappa shape index (κ2) is 12.2. The van der Waals surface area contributed by atoms with Crippen LogP contribution in [0.5, 0.6) is 11.5 Å². The first-order valence-corrected chi connectivity index (χ1v) is 14.4. The standard InChI is InChI=1S/C29H26N4O3.CH4O3S/c1-19-9-14-24(29(35)33(19)22-7-5-4-6-8-22)27(34)15-20-10-12-23(13-11-20)36-28-16-21-18-30-31-25(21)17-26(28)32(2)3;1-5(2,3)4/h4-14,16-18H,15H2,1-3H3,(H,30,31);1H3,(H,2,3,4). The van der Waals surface area contributed by atoms with Crippen LogP contribution in [0.2, 0.25) is 0 Å². The van der Waals surface area contributed by atoms with Crippen molar-refractivity contribution in [3.05, 3.63) is 112 Å². The van der Waals surface area contributed by atoms with E-state index in [-0.39, 0.29) is 23.3 Å². The van der Waals surface area contributed by atoms with Crippen LogP contribution in [0.4, 0.5) is 5.69 Å². The minimum atomic E-state index is -3.67. The van der Waals surface area contributed by atoms with Crippen LogP contribution in [0.1, 0.15) is 21.6 Å². The van der Waals surface area contributed by atoms with Crippen molar-refractivity contribution in [1.29, 1.82) is 0 Å². The van der Waals surface area contributed by atoms with Gasteiger partial charge in [-0.15, -0.1) is 0 Å². The first kappa shape index (κ1) is 29.2. The van der Waals surface area contributed by atoms with E-state index >= 15 is 0 Å². The fourth-order valence-corrected chi connectivity index (χ4v) is 4.21. The molecule has 2 heterocycles. The fourth-order valence-electron chi connectivity index (χ4n) is 4.21. The maximum atomic E-state index is 13.2. The lowest BCUT2D eigenvalue weighted by Crippen LogP contribution is -2.27. The number of carbonyl (C=O) groups excluding carboxylic acids is 1. The van der Waals surface area contributed by atoms with Crippen molar-refractivity contribution in [3.8, 4) is 17.2 Å². The van der Waals surface area contributed by atoms with Crippen molar-refractivity contribution in [2.75, 3.05) is 25.3 Å². The van der Waals surface area contributed by atoms with Crippen molar-refractivity contribution in [1.82, 2.24) is 14.8 Å². The zero-order valence-electron chi connectivity index (χ0n) is 23.0. The Bertz CT molecular complexity index is 1840. The largest absolute Gasteiger partial charge is 0.455 e. The van der Waals surface area contributed by atoms with Gasteiger partial charge < -0.3 is 9.64 Å². The number of hydrogen-bond donors (Lipinski definition) is 2. The number of pyridine rings is 1. The zero-order chi connectivity index (χ0) is 29.7. The van der Waals surface area contributed by atoms with Gasteiger partial charge in [0.25, 0.3) is 15.7 Å². The summed E-state index contributed by atoms with van der Waals surface area (Å²) in [5.74, 6) is 1.14. The number of hydrogen-bond acceptors (Lipinski definition) is 7. The molecule has 0 bridgehead atoms. The summed E-state index contributed by atoms with van der Waals surface area (Å²) >= 11 is 0. The summed E-state index contributed by atoms with van der Waals surface area (Å²) in [6, 6.07) is 24.1. The molecule has 10 nitrogen and oxygen atoms in total. The number of carbonyl (C=O) groups is 1. The summed E-state index contributed by atoms with van der Waals surface area (Å²) in [5, 5.41) is 8.03. The first-order valence-electron chi connectivity index (χ1n) is 12.6. The van der Waals surface area contributed by atoms with E-state index in [4.69, 9.17) is 9.29 Å². The molecule has 11 heteroatoms. The van der Waals surface area contributed by atoms with Crippen LogP contribution in [0.25, 0.3) is 16.6 Å². The van der Waals surface area contributed by atoms with Crippen LogP contribution < -0.4 is 15.2 Å². The molecule has 212 valence electrons. The highest BCUT2D eigenvalue weighted by atomic mass is 32.2. The Hall–Kier alpha value is -4.74. The number of Topliss-reactive ketones (excluding diaryl/α,β-unsaturated/α-hetero) is 1. The van der Waals surface area contributed by atoms with E-state index < -0.39 is 10.1 Å². The maximum absolute atomic E-state index is 13.2. The molecule has 0 aliphatic heterocycles. The number of anilines is 1. The van der Waals surface area contributed by atoms with E-state index in [1.165, 1.54) is 0 Å². The van der Waals surface area contributed by atoms with Gasteiger partial charge in [-0.2, -0.15) is 13.5 Å². The molecule has 0 saturated heterocycles. The fraction of sp³-hybridized carbons (Fsp3) is 0.167. The zero-order valence-corrected chi connectivity index (χ0v) is 23.8. The molecule has 0 amide bonds. The Morgan fingerprint density at radius 1 is 1.02 bits per heavy atom. The lowest BCUT2D eigenvalue weighted by molar-refractivity contribution is 0.0991. The number of nitrogens with one attached hydrogen (secondary N) is 1. The van der Waals surface area contributed by atoms with E-state index in [1.807, 2.05) is 92.6 Å². The van der Waals surface area contributed by atoms with Crippen LogP contribution in [0.15, 0.2) is 89.9 Å². The average molecular weight is 575 g/mol. The first-order chi connectivity index (χ1) is 19.4. The minimum absolute atomic E-state index is 0.122. The third-order valence-corrected chi connectivity index (χ3v) is 6.11. The van der Waals surface area contributed by atoms with Crippen LogP contribution in [0.3, 0.4) is 0 Å². The van der Waals surface area contributed by atoms with Gasteiger partial charge in [0.1, 0.15) is 5.75 Å². The average Bonchev–Trinajstić information content (AvgIpc) is 3.36. The second-order valence-corrected chi connectivity index (χ2v) is 11.1. The molecule has 0 unspecified atom stereocenters. The molecular weight excluding hydrogens is 544 g/mol. The summed E-state index contributed by atoms with van der Waals surface area (Å²) in [5.41, 5.74) is 4.03. The number of aromatic nitrogens is 3. The van der Waals surface area contributed by atoms with Crippen LogP contribution in [-0.2, 0) is 16.5 Å². The minimum Gasteiger partial charge on any atom is -0.455 e. The Kier molecular flexibility index (Phi) is 8.70. The van der Waals surface area contributed by atoms with Crippen molar-refractivity contribution < 1.29 is 22.5 Å². The topological polar surface area (TPSA) is 135 Å². The van der Waals surface area contributed by atoms with Crippen LogP contribution in [-0.4, -0.2) is 53.9 Å². The van der Waals surface area contributed by atoms with Gasteiger partial charge in [-0.1, -0.05) is 30.3 Å². The molecule has 0 fully saturated rings. The van der Waals surface area contributed by atoms with Crippen molar-refractivity contribution in [3.63, 3.8) is 0 Å². The third kappa shape index (κ3) is 7.47. The maximum Gasteiger partial charge on any atom is 0.266 e. The number of H-pyrrole nitrogens is 1.